The van der Waals surface area contributed by atoms with Crippen LogP contribution in [-0.4, -0.2) is 57.1 Å². The van der Waals surface area contributed by atoms with Gasteiger partial charge in [-0.05, 0) is 18.6 Å². The molecule has 1 atom stereocenters. The van der Waals surface area contributed by atoms with Gasteiger partial charge in [0.15, 0.2) is 5.16 Å². The van der Waals surface area contributed by atoms with Gasteiger partial charge in [-0.3, -0.25) is 9.69 Å². The van der Waals surface area contributed by atoms with Crippen LogP contribution in [0.2, 0.25) is 0 Å². The average Bonchev–Trinajstić information content (AvgIpc) is 2.84. The van der Waals surface area contributed by atoms with E-state index in [4.69, 9.17) is 0 Å². The molecule has 0 unspecified atom stereocenters. The van der Waals surface area contributed by atoms with Crippen LogP contribution >= 0.6 is 11.8 Å². The molecule has 2 aromatic carbocycles. The lowest BCUT2D eigenvalue weighted by molar-refractivity contribution is -0.141. The first-order valence-electron chi connectivity index (χ1n) is 11.0. The van der Waals surface area contributed by atoms with E-state index in [1.807, 2.05) is 18.2 Å². The maximum absolute atomic E-state index is 13.5. The van der Waals surface area contributed by atoms with Gasteiger partial charge in [-0.2, -0.15) is 13.2 Å². The number of carbonyl (C=O) groups is 1. The van der Waals surface area contributed by atoms with Gasteiger partial charge >= 0.3 is 6.18 Å². The minimum Gasteiger partial charge on any atom is -0.339 e. The summed E-state index contributed by atoms with van der Waals surface area (Å²) in [6.07, 6.45) is -4.61. The third-order valence-corrected chi connectivity index (χ3v) is 6.58. The number of carbonyl (C=O) groups excluding carboxylic acids is 1. The van der Waals surface area contributed by atoms with Crippen LogP contribution in [0.25, 0.3) is 11.3 Å². The van der Waals surface area contributed by atoms with Gasteiger partial charge < -0.3 is 4.90 Å². The highest BCUT2D eigenvalue weighted by Gasteiger charge is 2.34. The summed E-state index contributed by atoms with van der Waals surface area (Å²) in [6, 6.07) is 19.7. The fraction of sp³-hybridized carbons (Fsp3) is 0.320. The van der Waals surface area contributed by atoms with Crippen LogP contribution in [0.5, 0.6) is 0 Å². The Morgan fingerprint density at radius 1 is 0.971 bits per heavy atom. The Bertz CT molecular complexity index is 1100. The Hall–Kier alpha value is -2.91. The van der Waals surface area contributed by atoms with Crippen molar-refractivity contribution >= 4 is 17.7 Å². The molecule has 1 aromatic heterocycles. The van der Waals surface area contributed by atoms with E-state index in [0.717, 1.165) is 37.5 Å². The highest BCUT2D eigenvalue weighted by Crippen LogP contribution is 2.33. The number of nitrogens with zero attached hydrogens (tertiary/aromatic N) is 4. The fourth-order valence-electron chi connectivity index (χ4n) is 3.81. The molecule has 1 amide bonds. The first-order chi connectivity index (χ1) is 16.3. The number of hydrogen-bond acceptors (Lipinski definition) is 5. The van der Waals surface area contributed by atoms with Gasteiger partial charge in [0.1, 0.15) is 5.69 Å². The van der Waals surface area contributed by atoms with Gasteiger partial charge in [-0.1, -0.05) is 72.4 Å². The number of aromatic nitrogens is 2. The van der Waals surface area contributed by atoms with Crippen LogP contribution in [0.3, 0.4) is 0 Å². The summed E-state index contributed by atoms with van der Waals surface area (Å²) in [5, 5.41) is -0.662. The molecule has 9 heteroatoms. The zero-order chi connectivity index (χ0) is 24.1. The number of piperazine rings is 1. The summed E-state index contributed by atoms with van der Waals surface area (Å²) in [6.45, 7) is 5.17. The molecular weight excluding hydrogens is 461 g/mol. The van der Waals surface area contributed by atoms with Gasteiger partial charge in [-0.15, -0.1) is 0 Å². The van der Waals surface area contributed by atoms with Crippen LogP contribution in [0.4, 0.5) is 13.2 Å². The summed E-state index contributed by atoms with van der Waals surface area (Å²) < 4.78 is 40.4. The summed E-state index contributed by atoms with van der Waals surface area (Å²) in [7, 11) is 0. The number of hydrogen-bond donors (Lipinski definition) is 0. The number of alkyl halides is 3. The number of amides is 1. The third kappa shape index (κ3) is 6.15. The van der Waals surface area contributed by atoms with E-state index in [2.05, 4.69) is 27.0 Å². The zero-order valence-electron chi connectivity index (χ0n) is 18.7. The SMILES string of the molecule is C[C@@H](Sc1nc(-c2ccccc2)cc(C(F)(F)F)n1)C(=O)N1CCN(Cc2ccccc2)CC1. The predicted molar refractivity (Wildman–Crippen MR) is 126 cm³/mol. The molecule has 1 aliphatic rings. The Kier molecular flexibility index (Phi) is 7.53. The largest absolute Gasteiger partial charge is 0.433 e. The van der Waals surface area contributed by atoms with Crippen LogP contribution in [0.1, 0.15) is 18.2 Å². The number of thioether (sulfide) groups is 1. The zero-order valence-corrected chi connectivity index (χ0v) is 19.5. The molecule has 1 saturated heterocycles. The summed E-state index contributed by atoms with van der Waals surface area (Å²) >= 11 is 0.961. The minimum absolute atomic E-state index is 0.0581. The minimum atomic E-state index is -4.61. The van der Waals surface area contributed by atoms with E-state index in [-0.39, 0.29) is 16.8 Å². The third-order valence-electron chi connectivity index (χ3n) is 5.63. The second-order valence-electron chi connectivity index (χ2n) is 8.13. The van der Waals surface area contributed by atoms with Crippen LogP contribution in [0.15, 0.2) is 71.9 Å². The molecule has 0 saturated carbocycles. The molecule has 1 fully saturated rings. The monoisotopic (exact) mass is 486 g/mol. The van der Waals surface area contributed by atoms with Gasteiger partial charge in [0.25, 0.3) is 0 Å². The quantitative estimate of drug-likeness (QED) is 0.363. The number of rotatable bonds is 6. The highest BCUT2D eigenvalue weighted by atomic mass is 32.2. The second kappa shape index (κ2) is 10.6. The van der Waals surface area contributed by atoms with Crippen molar-refractivity contribution in [3.63, 3.8) is 0 Å². The van der Waals surface area contributed by atoms with E-state index in [9.17, 15) is 18.0 Å². The van der Waals surface area contributed by atoms with Crippen molar-refractivity contribution < 1.29 is 18.0 Å². The smallest absolute Gasteiger partial charge is 0.339 e. The molecule has 0 radical (unpaired) electrons. The summed E-state index contributed by atoms with van der Waals surface area (Å²) in [5.41, 5.74) is 0.950. The molecule has 178 valence electrons. The molecule has 3 aromatic rings. The molecule has 0 spiro atoms. The van der Waals surface area contributed by atoms with Crippen molar-refractivity contribution in [2.75, 3.05) is 26.2 Å². The highest BCUT2D eigenvalue weighted by molar-refractivity contribution is 8.00. The standard InChI is InChI=1S/C25H25F3N4OS/c1-18(23(33)32-14-12-31(13-15-32)17-19-8-4-2-5-9-19)34-24-29-21(20-10-6-3-7-11-20)16-22(30-24)25(26,27)28/h2-11,16,18H,12-15,17H2,1H3/t18-/m1/s1. The first-order valence-corrected chi connectivity index (χ1v) is 11.9. The van der Waals surface area contributed by atoms with Crippen LogP contribution in [-0.2, 0) is 17.5 Å². The van der Waals surface area contributed by atoms with Crippen molar-refractivity contribution in [3.8, 4) is 11.3 Å². The fourth-order valence-corrected chi connectivity index (χ4v) is 4.68. The lowest BCUT2D eigenvalue weighted by Crippen LogP contribution is -2.50. The topological polar surface area (TPSA) is 49.3 Å². The molecule has 0 N–H and O–H groups in total. The molecule has 0 bridgehead atoms. The first kappa shape index (κ1) is 24.2. The van der Waals surface area contributed by atoms with E-state index < -0.39 is 17.1 Å². The van der Waals surface area contributed by atoms with E-state index in [0.29, 0.717) is 18.7 Å². The molecule has 5 nitrogen and oxygen atoms in total. The van der Waals surface area contributed by atoms with Gasteiger partial charge in [0.2, 0.25) is 5.91 Å². The van der Waals surface area contributed by atoms with Crippen LogP contribution in [0, 0.1) is 0 Å². The number of benzene rings is 2. The molecular formula is C25H25F3N4OS. The van der Waals surface area contributed by atoms with Gasteiger partial charge in [0.05, 0.1) is 10.9 Å². The summed E-state index contributed by atoms with van der Waals surface area (Å²) in [5.74, 6) is -0.119. The lowest BCUT2D eigenvalue weighted by Gasteiger charge is -2.35. The van der Waals surface area contributed by atoms with Gasteiger partial charge in [0, 0.05) is 38.3 Å². The van der Waals surface area contributed by atoms with Crippen molar-refractivity contribution in [1.29, 1.82) is 0 Å². The van der Waals surface area contributed by atoms with Gasteiger partial charge in [-0.25, -0.2) is 9.97 Å². The van der Waals surface area contributed by atoms with Crippen LogP contribution < -0.4 is 0 Å². The average molecular weight is 487 g/mol. The number of halogens is 3. The normalized spacial score (nSPS) is 15.8. The van der Waals surface area contributed by atoms with Crippen molar-refractivity contribution in [2.45, 2.75) is 30.1 Å². The Balaban J connectivity index is 1.42. The molecule has 34 heavy (non-hydrogen) atoms. The van der Waals surface area contributed by atoms with Crippen molar-refractivity contribution in [2.24, 2.45) is 0 Å². The molecule has 0 aliphatic carbocycles. The molecule has 1 aliphatic heterocycles. The molecule has 4 rings (SSSR count). The van der Waals surface area contributed by atoms with E-state index in [1.165, 1.54) is 5.56 Å². The Morgan fingerprint density at radius 2 is 1.59 bits per heavy atom. The predicted octanol–water partition coefficient (Wildman–Crippen LogP) is 4.99. The van der Waals surface area contributed by atoms with E-state index >= 15 is 0 Å². The lowest BCUT2D eigenvalue weighted by atomic mass is 10.1. The maximum Gasteiger partial charge on any atom is 0.433 e. The summed E-state index contributed by atoms with van der Waals surface area (Å²) in [4.78, 5) is 25.1. The van der Waals surface area contributed by atoms with E-state index in [1.54, 1.807) is 42.2 Å². The Labute approximate surface area is 201 Å². The molecule has 2 heterocycles. The Morgan fingerprint density at radius 3 is 2.21 bits per heavy atom. The second-order valence-corrected chi connectivity index (χ2v) is 9.44. The maximum atomic E-state index is 13.5. The van der Waals surface area contributed by atoms with Crippen molar-refractivity contribution in [3.05, 3.63) is 78.0 Å². The van der Waals surface area contributed by atoms with Crippen molar-refractivity contribution in [1.82, 2.24) is 19.8 Å².